The van der Waals surface area contributed by atoms with Crippen molar-refractivity contribution in [2.45, 2.75) is 19.8 Å². The van der Waals surface area contributed by atoms with Gasteiger partial charge >= 0.3 is 0 Å². The Hall–Kier alpha value is -1.06. The molecule has 0 aromatic heterocycles. The Bertz CT molecular complexity index is 312. The number of methoxy groups -OCH3 is 1. The number of ether oxygens (including phenoxy) is 2. The van der Waals surface area contributed by atoms with Crippen LogP contribution in [0, 0.1) is 5.92 Å². The number of hydrogen-bond donors (Lipinski definition) is 1. The van der Waals surface area contributed by atoms with Crippen LogP contribution in [0.25, 0.3) is 0 Å². The van der Waals surface area contributed by atoms with Gasteiger partial charge in [0.25, 0.3) is 0 Å². The Kier molecular flexibility index (Phi) is 6.67. The zero-order valence-corrected chi connectivity index (χ0v) is 10.7. The van der Waals surface area contributed by atoms with Gasteiger partial charge in [0.1, 0.15) is 5.75 Å². The monoisotopic (exact) mass is 238 g/mol. The van der Waals surface area contributed by atoms with Crippen LogP contribution in [-0.2, 0) is 11.2 Å². The van der Waals surface area contributed by atoms with Crippen molar-refractivity contribution in [1.29, 1.82) is 0 Å². The maximum atomic E-state index is 9.33. The molecule has 0 fully saturated rings. The zero-order chi connectivity index (χ0) is 12.5. The Morgan fingerprint density at radius 1 is 1.35 bits per heavy atom. The van der Waals surface area contributed by atoms with Crippen LogP contribution in [0.4, 0.5) is 0 Å². The molecule has 1 atom stereocenters. The van der Waals surface area contributed by atoms with Crippen molar-refractivity contribution in [3.63, 3.8) is 0 Å². The lowest BCUT2D eigenvalue weighted by Crippen LogP contribution is -2.12. The van der Waals surface area contributed by atoms with Gasteiger partial charge in [-0.15, -0.1) is 0 Å². The molecule has 0 bridgehead atoms. The van der Waals surface area contributed by atoms with Crippen molar-refractivity contribution in [1.82, 2.24) is 0 Å². The maximum Gasteiger partial charge on any atom is 0.119 e. The zero-order valence-electron chi connectivity index (χ0n) is 10.7. The summed E-state index contributed by atoms with van der Waals surface area (Å²) in [6, 6.07) is 7.98. The second-order valence-corrected chi connectivity index (χ2v) is 4.09. The Morgan fingerprint density at radius 3 is 2.82 bits per heavy atom. The topological polar surface area (TPSA) is 38.7 Å². The average Bonchev–Trinajstić information content (AvgIpc) is 2.38. The molecule has 1 unspecified atom stereocenters. The van der Waals surface area contributed by atoms with Gasteiger partial charge in [-0.25, -0.2) is 0 Å². The third kappa shape index (κ3) is 5.20. The van der Waals surface area contributed by atoms with Crippen LogP contribution < -0.4 is 4.74 Å². The fraction of sp³-hybridized carbons (Fsp3) is 0.571. The van der Waals surface area contributed by atoms with E-state index in [1.54, 1.807) is 7.11 Å². The van der Waals surface area contributed by atoms with Crippen molar-refractivity contribution in [2.75, 3.05) is 26.9 Å². The van der Waals surface area contributed by atoms with Gasteiger partial charge in [0.05, 0.1) is 7.11 Å². The molecule has 3 heteroatoms. The summed E-state index contributed by atoms with van der Waals surface area (Å²) in [5.41, 5.74) is 1.19. The van der Waals surface area contributed by atoms with E-state index in [9.17, 15) is 5.11 Å². The predicted molar refractivity (Wildman–Crippen MR) is 68.4 cm³/mol. The summed E-state index contributed by atoms with van der Waals surface area (Å²) in [5.74, 6) is 1.12. The van der Waals surface area contributed by atoms with E-state index in [2.05, 4.69) is 6.07 Å². The van der Waals surface area contributed by atoms with E-state index < -0.39 is 0 Å². The van der Waals surface area contributed by atoms with Crippen molar-refractivity contribution < 1.29 is 14.6 Å². The molecule has 17 heavy (non-hydrogen) atoms. The van der Waals surface area contributed by atoms with Gasteiger partial charge < -0.3 is 14.6 Å². The number of rotatable bonds is 8. The summed E-state index contributed by atoms with van der Waals surface area (Å²) in [5, 5.41) is 9.33. The van der Waals surface area contributed by atoms with Gasteiger partial charge in [-0.2, -0.15) is 0 Å². The lowest BCUT2D eigenvalue weighted by molar-refractivity contribution is 0.115. The van der Waals surface area contributed by atoms with Crippen LogP contribution in [-0.4, -0.2) is 32.0 Å². The van der Waals surface area contributed by atoms with Crippen molar-refractivity contribution in [3.8, 4) is 5.75 Å². The molecule has 0 heterocycles. The summed E-state index contributed by atoms with van der Waals surface area (Å²) in [7, 11) is 1.66. The summed E-state index contributed by atoms with van der Waals surface area (Å²) < 4.78 is 10.5. The smallest absolute Gasteiger partial charge is 0.119 e. The quantitative estimate of drug-likeness (QED) is 0.706. The molecule has 0 aliphatic rings. The van der Waals surface area contributed by atoms with Crippen LogP contribution in [0.15, 0.2) is 24.3 Å². The predicted octanol–water partition coefficient (Wildman–Crippen LogP) is 2.27. The van der Waals surface area contributed by atoms with E-state index in [-0.39, 0.29) is 12.5 Å². The van der Waals surface area contributed by atoms with E-state index in [1.807, 2.05) is 25.1 Å². The normalized spacial score (nSPS) is 12.4. The average molecular weight is 238 g/mol. The second kappa shape index (κ2) is 8.09. The van der Waals surface area contributed by atoms with Crippen LogP contribution in [0.5, 0.6) is 5.75 Å². The number of hydrogen-bond acceptors (Lipinski definition) is 3. The lowest BCUT2D eigenvalue weighted by atomic mass is 9.97. The van der Waals surface area contributed by atoms with E-state index in [0.717, 1.165) is 25.2 Å². The fourth-order valence-corrected chi connectivity index (χ4v) is 1.79. The second-order valence-electron chi connectivity index (χ2n) is 4.09. The van der Waals surface area contributed by atoms with Gasteiger partial charge in [0.2, 0.25) is 0 Å². The van der Waals surface area contributed by atoms with Crippen LogP contribution in [0.1, 0.15) is 18.9 Å². The molecule has 3 nitrogen and oxygen atoms in total. The molecule has 0 spiro atoms. The summed E-state index contributed by atoms with van der Waals surface area (Å²) in [4.78, 5) is 0. The highest BCUT2D eigenvalue weighted by molar-refractivity contribution is 5.28. The van der Waals surface area contributed by atoms with Crippen LogP contribution in [0.3, 0.4) is 0 Å². The van der Waals surface area contributed by atoms with E-state index in [4.69, 9.17) is 9.47 Å². The van der Waals surface area contributed by atoms with Gasteiger partial charge in [0, 0.05) is 19.8 Å². The van der Waals surface area contributed by atoms with Crippen molar-refractivity contribution in [2.24, 2.45) is 5.92 Å². The van der Waals surface area contributed by atoms with Gasteiger partial charge in [-0.3, -0.25) is 0 Å². The summed E-state index contributed by atoms with van der Waals surface area (Å²) >= 11 is 0. The standard InChI is InChI=1S/C14H22O3/c1-3-17-8-7-13(11-15)9-12-5-4-6-14(10-12)16-2/h4-6,10,13,15H,3,7-9,11H2,1-2H3. The van der Waals surface area contributed by atoms with E-state index >= 15 is 0 Å². The third-order valence-corrected chi connectivity index (χ3v) is 2.79. The summed E-state index contributed by atoms with van der Waals surface area (Å²) in [6.45, 7) is 3.63. The van der Waals surface area contributed by atoms with Crippen molar-refractivity contribution >= 4 is 0 Å². The highest BCUT2D eigenvalue weighted by atomic mass is 16.5. The molecule has 0 aliphatic carbocycles. The molecule has 1 aromatic rings. The summed E-state index contributed by atoms with van der Waals surface area (Å²) in [6.07, 6.45) is 1.75. The SMILES string of the molecule is CCOCCC(CO)Cc1cccc(OC)c1. The molecule has 1 rings (SSSR count). The Labute approximate surface area is 103 Å². The molecule has 96 valence electrons. The first-order chi connectivity index (χ1) is 8.30. The molecule has 0 saturated carbocycles. The minimum atomic E-state index is 0.199. The molecular formula is C14H22O3. The first-order valence-electron chi connectivity index (χ1n) is 6.11. The highest BCUT2D eigenvalue weighted by Gasteiger charge is 2.09. The first kappa shape index (κ1) is 14.0. The molecule has 0 amide bonds. The fourth-order valence-electron chi connectivity index (χ4n) is 1.79. The minimum Gasteiger partial charge on any atom is -0.497 e. The van der Waals surface area contributed by atoms with Crippen LogP contribution >= 0.6 is 0 Å². The molecule has 1 aromatic carbocycles. The molecule has 0 radical (unpaired) electrons. The number of benzene rings is 1. The number of aliphatic hydroxyl groups excluding tert-OH is 1. The van der Waals surface area contributed by atoms with Gasteiger partial charge in [-0.1, -0.05) is 12.1 Å². The van der Waals surface area contributed by atoms with Gasteiger partial charge in [0.15, 0.2) is 0 Å². The molecule has 0 aliphatic heterocycles. The molecule has 0 saturated heterocycles. The first-order valence-corrected chi connectivity index (χ1v) is 6.11. The minimum absolute atomic E-state index is 0.199. The largest absolute Gasteiger partial charge is 0.497 e. The highest BCUT2D eigenvalue weighted by Crippen LogP contribution is 2.17. The lowest BCUT2D eigenvalue weighted by Gasteiger charge is -2.14. The Morgan fingerprint density at radius 2 is 2.18 bits per heavy atom. The van der Waals surface area contributed by atoms with Crippen molar-refractivity contribution in [3.05, 3.63) is 29.8 Å². The number of aliphatic hydroxyl groups is 1. The Balaban J connectivity index is 2.48. The third-order valence-electron chi connectivity index (χ3n) is 2.79. The molecule has 1 N–H and O–H groups in total. The van der Waals surface area contributed by atoms with E-state index in [0.29, 0.717) is 6.61 Å². The molecular weight excluding hydrogens is 216 g/mol. The van der Waals surface area contributed by atoms with E-state index in [1.165, 1.54) is 5.56 Å². The van der Waals surface area contributed by atoms with Gasteiger partial charge in [-0.05, 0) is 43.4 Å². The maximum absolute atomic E-state index is 9.33. The van der Waals surface area contributed by atoms with Crippen LogP contribution in [0.2, 0.25) is 0 Å².